The van der Waals surface area contributed by atoms with Crippen molar-refractivity contribution in [2.75, 3.05) is 0 Å². The maximum Gasteiger partial charge on any atom is 0.192 e. The highest BCUT2D eigenvalue weighted by atomic mass is 16.1. The third kappa shape index (κ3) is 2.03. The van der Waals surface area contributed by atoms with Crippen LogP contribution in [0.25, 0.3) is 11.0 Å². The summed E-state index contributed by atoms with van der Waals surface area (Å²) in [4.78, 5) is 11.8. The molecule has 0 fully saturated rings. The van der Waals surface area contributed by atoms with Crippen molar-refractivity contribution in [2.45, 2.75) is 26.4 Å². The zero-order chi connectivity index (χ0) is 14.3. The van der Waals surface area contributed by atoms with Gasteiger partial charge in [0.15, 0.2) is 5.43 Å². The molecular weight excluding hydrogens is 254 g/mol. The summed E-state index contributed by atoms with van der Waals surface area (Å²) in [6.45, 7) is 4.81. The van der Waals surface area contributed by atoms with E-state index in [4.69, 9.17) is 0 Å². The van der Waals surface area contributed by atoms with Crippen LogP contribution in [0.1, 0.15) is 25.6 Å². The van der Waals surface area contributed by atoms with Gasteiger partial charge in [-0.3, -0.25) is 14.2 Å². The van der Waals surface area contributed by atoms with Gasteiger partial charge in [-0.05, 0) is 19.9 Å². The van der Waals surface area contributed by atoms with Crippen molar-refractivity contribution in [2.24, 2.45) is 7.05 Å². The van der Waals surface area contributed by atoms with Crippen molar-refractivity contribution >= 4 is 11.0 Å². The number of nitrogens with zero attached hydrogens (tertiary/aromatic N) is 5. The van der Waals surface area contributed by atoms with Crippen molar-refractivity contribution in [3.63, 3.8) is 0 Å². The van der Waals surface area contributed by atoms with E-state index in [9.17, 15) is 4.79 Å². The molecule has 0 aromatic carbocycles. The van der Waals surface area contributed by atoms with Gasteiger partial charge in [0.1, 0.15) is 5.65 Å². The molecule has 0 amide bonds. The topological polar surface area (TPSA) is 57.6 Å². The first-order valence-corrected chi connectivity index (χ1v) is 6.61. The highest BCUT2D eigenvalue weighted by Gasteiger charge is 2.09. The minimum absolute atomic E-state index is 0.00272. The molecule has 0 aliphatic rings. The van der Waals surface area contributed by atoms with E-state index in [0.29, 0.717) is 18.0 Å². The number of hydrogen-bond donors (Lipinski definition) is 0. The van der Waals surface area contributed by atoms with Gasteiger partial charge in [-0.2, -0.15) is 10.2 Å². The van der Waals surface area contributed by atoms with Crippen LogP contribution in [-0.4, -0.2) is 24.1 Å². The number of pyridine rings is 1. The Hall–Kier alpha value is -2.37. The molecular formula is C14H17N5O. The lowest BCUT2D eigenvalue weighted by atomic mass is 10.3. The molecule has 20 heavy (non-hydrogen) atoms. The Balaban J connectivity index is 2.04. The summed E-state index contributed by atoms with van der Waals surface area (Å²) in [5.74, 6) is 0. The first-order valence-electron chi connectivity index (χ1n) is 6.61. The van der Waals surface area contributed by atoms with Gasteiger partial charge in [-0.1, -0.05) is 0 Å². The molecule has 0 aliphatic carbocycles. The van der Waals surface area contributed by atoms with Crippen LogP contribution in [-0.2, 0) is 13.6 Å². The van der Waals surface area contributed by atoms with Gasteiger partial charge in [0, 0.05) is 31.5 Å². The summed E-state index contributed by atoms with van der Waals surface area (Å²) < 4.78 is 5.64. The molecule has 3 rings (SSSR count). The molecule has 104 valence electrons. The fourth-order valence-corrected chi connectivity index (χ4v) is 2.31. The van der Waals surface area contributed by atoms with Crippen LogP contribution >= 0.6 is 0 Å². The summed E-state index contributed by atoms with van der Waals surface area (Å²) in [5, 5.41) is 9.34. The third-order valence-corrected chi connectivity index (χ3v) is 3.38. The van der Waals surface area contributed by atoms with E-state index in [-0.39, 0.29) is 5.43 Å². The second kappa shape index (κ2) is 4.63. The van der Waals surface area contributed by atoms with Crippen LogP contribution in [0.15, 0.2) is 35.5 Å². The maximum atomic E-state index is 11.8. The predicted octanol–water partition coefficient (Wildman–Crippen LogP) is 1.56. The second-order valence-electron chi connectivity index (χ2n) is 5.19. The molecule has 0 unspecified atom stereocenters. The standard InChI is InChI=1S/C14H17N5O/c1-10(2)19-7-4-11(16-19)9-18-6-5-13(20)12-8-15-17(3)14(12)18/h4-8,10H,9H2,1-3H3. The molecule has 3 aromatic rings. The largest absolute Gasteiger partial charge is 0.326 e. The van der Waals surface area contributed by atoms with E-state index in [1.165, 1.54) is 0 Å². The minimum Gasteiger partial charge on any atom is -0.326 e. The van der Waals surface area contributed by atoms with E-state index < -0.39 is 0 Å². The smallest absolute Gasteiger partial charge is 0.192 e. The number of fused-ring (bicyclic) bond motifs is 1. The molecule has 0 spiro atoms. The summed E-state index contributed by atoms with van der Waals surface area (Å²) >= 11 is 0. The van der Waals surface area contributed by atoms with Crippen LogP contribution in [0.5, 0.6) is 0 Å². The second-order valence-corrected chi connectivity index (χ2v) is 5.19. The number of aromatic nitrogens is 5. The molecule has 0 saturated carbocycles. The zero-order valence-electron chi connectivity index (χ0n) is 11.8. The normalized spacial score (nSPS) is 11.6. The average Bonchev–Trinajstić information content (AvgIpc) is 3.01. The molecule has 0 radical (unpaired) electrons. The van der Waals surface area contributed by atoms with Crippen LogP contribution in [0, 0.1) is 0 Å². The molecule has 0 saturated heterocycles. The van der Waals surface area contributed by atoms with Gasteiger partial charge in [-0.15, -0.1) is 0 Å². The fraction of sp³-hybridized carbons (Fsp3) is 0.357. The van der Waals surface area contributed by atoms with Gasteiger partial charge >= 0.3 is 0 Å². The summed E-state index contributed by atoms with van der Waals surface area (Å²) in [5.41, 5.74) is 1.78. The first-order chi connectivity index (χ1) is 9.56. The lowest BCUT2D eigenvalue weighted by molar-refractivity contribution is 0.524. The number of rotatable bonds is 3. The SMILES string of the molecule is CC(C)n1ccc(Cn2ccc(=O)c3cnn(C)c32)n1. The van der Waals surface area contributed by atoms with Gasteiger partial charge in [0.25, 0.3) is 0 Å². The van der Waals surface area contributed by atoms with Gasteiger partial charge < -0.3 is 4.57 Å². The van der Waals surface area contributed by atoms with Crippen molar-refractivity contribution in [1.82, 2.24) is 24.1 Å². The van der Waals surface area contributed by atoms with E-state index in [2.05, 4.69) is 24.0 Å². The summed E-state index contributed by atoms with van der Waals surface area (Å²) in [6.07, 6.45) is 5.38. The van der Waals surface area contributed by atoms with E-state index >= 15 is 0 Å². The Morgan fingerprint density at radius 2 is 2.05 bits per heavy atom. The van der Waals surface area contributed by atoms with Gasteiger partial charge in [-0.25, -0.2) is 0 Å². The minimum atomic E-state index is -0.00272. The number of aryl methyl sites for hydroxylation is 1. The Bertz CT molecular complexity index is 808. The van der Waals surface area contributed by atoms with Crippen LogP contribution in [0.3, 0.4) is 0 Å². The van der Waals surface area contributed by atoms with E-state index in [1.54, 1.807) is 23.1 Å². The van der Waals surface area contributed by atoms with Crippen LogP contribution < -0.4 is 5.43 Å². The van der Waals surface area contributed by atoms with Gasteiger partial charge in [0.2, 0.25) is 0 Å². The highest BCUT2D eigenvalue weighted by molar-refractivity contribution is 5.74. The lowest BCUT2D eigenvalue weighted by Gasteiger charge is -2.08. The van der Waals surface area contributed by atoms with E-state index in [0.717, 1.165) is 11.3 Å². The van der Waals surface area contributed by atoms with Gasteiger partial charge in [0.05, 0.1) is 23.8 Å². The number of hydrogen-bond acceptors (Lipinski definition) is 3. The predicted molar refractivity (Wildman–Crippen MR) is 76.7 cm³/mol. The van der Waals surface area contributed by atoms with Crippen LogP contribution in [0.2, 0.25) is 0 Å². The lowest BCUT2D eigenvalue weighted by Crippen LogP contribution is -2.11. The van der Waals surface area contributed by atoms with Crippen molar-refractivity contribution in [3.05, 3.63) is 46.6 Å². The molecule has 0 N–H and O–H groups in total. The Kier molecular flexibility index (Phi) is 2.93. The molecule has 3 heterocycles. The molecule has 6 nitrogen and oxygen atoms in total. The van der Waals surface area contributed by atoms with Crippen molar-refractivity contribution < 1.29 is 0 Å². The molecule has 0 atom stereocenters. The Morgan fingerprint density at radius 3 is 2.75 bits per heavy atom. The molecule has 3 aromatic heterocycles. The molecule has 0 bridgehead atoms. The molecule has 0 aliphatic heterocycles. The zero-order valence-corrected chi connectivity index (χ0v) is 11.8. The fourth-order valence-electron chi connectivity index (χ4n) is 2.31. The Morgan fingerprint density at radius 1 is 1.25 bits per heavy atom. The summed E-state index contributed by atoms with van der Waals surface area (Å²) in [6, 6.07) is 3.92. The van der Waals surface area contributed by atoms with Crippen molar-refractivity contribution in [3.8, 4) is 0 Å². The summed E-state index contributed by atoms with van der Waals surface area (Å²) in [7, 11) is 1.84. The quantitative estimate of drug-likeness (QED) is 0.726. The first kappa shape index (κ1) is 12.7. The monoisotopic (exact) mass is 271 g/mol. The Labute approximate surface area is 116 Å². The average molecular weight is 271 g/mol. The van der Waals surface area contributed by atoms with E-state index in [1.807, 2.05) is 28.6 Å². The molecule has 6 heteroatoms. The maximum absolute atomic E-state index is 11.8. The van der Waals surface area contributed by atoms with Crippen LogP contribution in [0.4, 0.5) is 0 Å². The van der Waals surface area contributed by atoms with Crippen molar-refractivity contribution in [1.29, 1.82) is 0 Å². The highest BCUT2D eigenvalue weighted by Crippen LogP contribution is 2.11. The third-order valence-electron chi connectivity index (χ3n) is 3.38.